The van der Waals surface area contributed by atoms with Gasteiger partial charge in [0.1, 0.15) is 10.6 Å². The Morgan fingerprint density at radius 1 is 1.14 bits per heavy atom. The number of nitrogens with one attached hydrogen (secondary N) is 2. The van der Waals surface area contributed by atoms with E-state index in [1.165, 1.54) is 7.11 Å². The minimum Gasteiger partial charge on any atom is -0.495 e. The van der Waals surface area contributed by atoms with Crippen LogP contribution in [0.2, 0.25) is 0 Å². The van der Waals surface area contributed by atoms with Crippen LogP contribution in [0.25, 0.3) is 10.9 Å². The fourth-order valence-corrected chi connectivity index (χ4v) is 3.69. The fourth-order valence-electron chi connectivity index (χ4n) is 2.36. The molecule has 0 aliphatic carbocycles. The maximum absolute atomic E-state index is 12.7. The molecule has 5 nitrogen and oxygen atoms in total. The lowest BCUT2D eigenvalue weighted by molar-refractivity contribution is 0.402. The fraction of sp³-hybridized carbons (Fsp3) is 0.125. The number of ether oxygens (including phenoxy) is 1. The average Bonchev–Trinajstić information content (AvgIpc) is 2.96. The van der Waals surface area contributed by atoms with Gasteiger partial charge >= 0.3 is 0 Å². The van der Waals surface area contributed by atoms with E-state index in [0.717, 1.165) is 16.5 Å². The minimum absolute atomic E-state index is 0.124. The molecular formula is C16H16N2O3S. The van der Waals surface area contributed by atoms with E-state index in [-0.39, 0.29) is 4.90 Å². The van der Waals surface area contributed by atoms with Crippen molar-refractivity contribution in [2.75, 3.05) is 11.8 Å². The molecule has 22 heavy (non-hydrogen) atoms. The number of aromatic nitrogens is 1. The predicted octanol–water partition coefficient (Wildman–Crippen LogP) is 3.29. The van der Waals surface area contributed by atoms with Gasteiger partial charge in [-0.2, -0.15) is 0 Å². The molecule has 0 unspecified atom stereocenters. The Morgan fingerprint density at radius 2 is 1.95 bits per heavy atom. The number of anilines is 1. The SMILES string of the molecule is COc1ccc(C)cc1S(=O)(=O)Nc1cccc2cc[nH]c12. The Morgan fingerprint density at radius 3 is 2.73 bits per heavy atom. The number of hydrogen-bond donors (Lipinski definition) is 2. The highest BCUT2D eigenvalue weighted by Crippen LogP contribution is 2.29. The Balaban J connectivity index is 2.08. The standard InChI is InChI=1S/C16H16N2O3S/c1-11-6-7-14(21-2)15(10-11)22(19,20)18-13-5-3-4-12-8-9-17-16(12)13/h3-10,17-18H,1-2H3. The van der Waals surface area contributed by atoms with Crippen LogP contribution in [0.4, 0.5) is 5.69 Å². The highest BCUT2D eigenvalue weighted by Gasteiger charge is 2.20. The van der Waals surface area contributed by atoms with Crippen LogP contribution in [0.5, 0.6) is 5.75 Å². The molecule has 2 aromatic carbocycles. The molecule has 1 aromatic heterocycles. The molecule has 3 aromatic rings. The first-order valence-electron chi connectivity index (χ1n) is 6.75. The van der Waals surface area contributed by atoms with Crippen molar-refractivity contribution < 1.29 is 13.2 Å². The number of fused-ring (bicyclic) bond motifs is 1. The van der Waals surface area contributed by atoms with Gasteiger partial charge in [0.2, 0.25) is 0 Å². The summed E-state index contributed by atoms with van der Waals surface area (Å²) in [5.74, 6) is 0.316. The summed E-state index contributed by atoms with van der Waals surface area (Å²) in [5, 5.41) is 0.941. The Hall–Kier alpha value is -2.47. The molecule has 1 heterocycles. The number of methoxy groups -OCH3 is 1. The van der Waals surface area contributed by atoms with Gasteiger partial charge in [0.25, 0.3) is 10.0 Å². The normalized spacial score (nSPS) is 11.5. The topological polar surface area (TPSA) is 71.2 Å². The first-order valence-corrected chi connectivity index (χ1v) is 8.23. The highest BCUT2D eigenvalue weighted by molar-refractivity contribution is 7.92. The molecule has 0 amide bonds. The third-order valence-electron chi connectivity index (χ3n) is 3.44. The predicted molar refractivity (Wildman–Crippen MR) is 86.8 cm³/mol. The van der Waals surface area contributed by atoms with Crippen molar-refractivity contribution in [2.24, 2.45) is 0 Å². The van der Waals surface area contributed by atoms with Gasteiger partial charge in [-0.1, -0.05) is 18.2 Å². The zero-order chi connectivity index (χ0) is 15.7. The van der Waals surface area contributed by atoms with E-state index < -0.39 is 10.0 Å². The molecule has 2 N–H and O–H groups in total. The van der Waals surface area contributed by atoms with E-state index in [1.54, 1.807) is 24.4 Å². The highest BCUT2D eigenvalue weighted by atomic mass is 32.2. The molecule has 0 saturated carbocycles. The summed E-state index contributed by atoms with van der Waals surface area (Å²) in [6.07, 6.45) is 1.77. The van der Waals surface area contributed by atoms with Gasteiger partial charge < -0.3 is 9.72 Å². The zero-order valence-corrected chi connectivity index (χ0v) is 13.1. The largest absolute Gasteiger partial charge is 0.495 e. The molecule has 6 heteroatoms. The smallest absolute Gasteiger partial charge is 0.265 e. The number of sulfonamides is 1. The van der Waals surface area contributed by atoms with Gasteiger partial charge in [0.15, 0.2) is 0 Å². The lowest BCUT2D eigenvalue weighted by Gasteiger charge is -2.13. The van der Waals surface area contributed by atoms with Crippen LogP contribution in [0.15, 0.2) is 53.6 Å². The van der Waals surface area contributed by atoms with Crippen LogP contribution < -0.4 is 9.46 Å². The monoisotopic (exact) mass is 316 g/mol. The summed E-state index contributed by atoms with van der Waals surface area (Å²) in [6.45, 7) is 1.84. The van der Waals surface area contributed by atoms with Gasteiger partial charge in [-0.25, -0.2) is 8.42 Å². The molecule has 0 spiro atoms. The summed E-state index contributed by atoms with van der Waals surface area (Å²) in [5.41, 5.74) is 2.10. The van der Waals surface area contributed by atoms with Gasteiger partial charge in [-0.05, 0) is 36.8 Å². The summed E-state index contributed by atoms with van der Waals surface area (Å²) in [4.78, 5) is 3.17. The Labute approximate surface area is 129 Å². The summed E-state index contributed by atoms with van der Waals surface area (Å²) in [7, 11) is -2.29. The van der Waals surface area contributed by atoms with Crippen LogP contribution in [-0.4, -0.2) is 20.5 Å². The number of H-pyrrole nitrogens is 1. The van der Waals surface area contributed by atoms with E-state index in [4.69, 9.17) is 4.74 Å². The number of para-hydroxylation sites is 1. The molecule has 0 radical (unpaired) electrons. The minimum atomic E-state index is -3.74. The molecule has 114 valence electrons. The number of rotatable bonds is 4. The van der Waals surface area contributed by atoms with Gasteiger partial charge in [0.05, 0.1) is 18.3 Å². The summed E-state index contributed by atoms with van der Waals surface area (Å²) >= 11 is 0. The van der Waals surface area contributed by atoms with Crippen LogP contribution in [0.1, 0.15) is 5.56 Å². The van der Waals surface area contributed by atoms with Gasteiger partial charge in [0, 0.05) is 11.6 Å². The number of benzene rings is 2. The second kappa shape index (κ2) is 5.38. The summed E-state index contributed by atoms with van der Waals surface area (Å²) in [6, 6.07) is 12.4. The molecule has 0 aliphatic heterocycles. The Kier molecular flexibility index (Phi) is 3.54. The maximum atomic E-state index is 12.7. The summed E-state index contributed by atoms with van der Waals surface area (Å²) < 4.78 is 33.2. The van der Waals surface area contributed by atoms with Crippen LogP contribution >= 0.6 is 0 Å². The first kappa shape index (κ1) is 14.5. The lowest BCUT2D eigenvalue weighted by Crippen LogP contribution is -2.14. The van der Waals surface area contributed by atoms with Crippen LogP contribution in [-0.2, 0) is 10.0 Å². The van der Waals surface area contributed by atoms with Crippen molar-refractivity contribution in [1.29, 1.82) is 0 Å². The maximum Gasteiger partial charge on any atom is 0.265 e. The third-order valence-corrected chi connectivity index (χ3v) is 4.83. The molecule has 0 atom stereocenters. The third kappa shape index (κ3) is 2.53. The number of aromatic amines is 1. The quantitative estimate of drug-likeness (QED) is 0.776. The zero-order valence-electron chi connectivity index (χ0n) is 12.3. The van der Waals surface area contributed by atoms with Crippen LogP contribution in [0, 0.1) is 6.92 Å². The Bertz CT molecular complexity index is 929. The second-order valence-electron chi connectivity index (χ2n) is 5.01. The molecule has 0 saturated heterocycles. The molecule has 3 rings (SSSR count). The molecule has 0 fully saturated rings. The number of aryl methyl sites for hydroxylation is 1. The van der Waals surface area contributed by atoms with Crippen molar-refractivity contribution >= 4 is 26.6 Å². The van der Waals surface area contributed by atoms with E-state index in [9.17, 15) is 8.42 Å². The molecular weight excluding hydrogens is 300 g/mol. The van der Waals surface area contributed by atoms with E-state index in [2.05, 4.69) is 9.71 Å². The van der Waals surface area contributed by atoms with Crippen molar-refractivity contribution in [3.05, 3.63) is 54.2 Å². The second-order valence-corrected chi connectivity index (χ2v) is 6.66. The molecule has 0 aliphatic rings. The van der Waals surface area contributed by atoms with E-state index in [0.29, 0.717) is 11.4 Å². The number of hydrogen-bond acceptors (Lipinski definition) is 3. The lowest BCUT2D eigenvalue weighted by atomic mass is 10.2. The van der Waals surface area contributed by atoms with E-state index >= 15 is 0 Å². The van der Waals surface area contributed by atoms with Crippen LogP contribution in [0.3, 0.4) is 0 Å². The van der Waals surface area contributed by atoms with Gasteiger partial charge in [-0.3, -0.25) is 4.72 Å². The van der Waals surface area contributed by atoms with Crippen molar-refractivity contribution in [1.82, 2.24) is 4.98 Å². The van der Waals surface area contributed by atoms with Crippen molar-refractivity contribution in [3.63, 3.8) is 0 Å². The van der Waals surface area contributed by atoms with Gasteiger partial charge in [-0.15, -0.1) is 0 Å². The first-order chi connectivity index (χ1) is 10.5. The van der Waals surface area contributed by atoms with Crippen molar-refractivity contribution in [3.8, 4) is 5.75 Å². The molecule has 0 bridgehead atoms. The van der Waals surface area contributed by atoms with Crippen molar-refractivity contribution in [2.45, 2.75) is 11.8 Å². The van der Waals surface area contributed by atoms with E-state index in [1.807, 2.05) is 31.2 Å². The average molecular weight is 316 g/mol.